The van der Waals surface area contributed by atoms with E-state index in [1.54, 1.807) is 20.8 Å². The summed E-state index contributed by atoms with van der Waals surface area (Å²) in [7, 11) is 1.86. The number of amides is 1. The van der Waals surface area contributed by atoms with Crippen molar-refractivity contribution in [3.63, 3.8) is 0 Å². The number of ether oxygens (including phenoxy) is 1. The highest BCUT2D eigenvalue weighted by molar-refractivity contribution is 5.80. The number of hydrogen-bond donors (Lipinski definition) is 1. The average Bonchev–Trinajstić information content (AvgIpc) is 2.72. The second-order valence-corrected chi connectivity index (χ2v) is 7.79. The predicted octanol–water partition coefficient (Wildman–Crippen LogP) is 2.57. The minimum Gasteiger partial charge on any atom is -0.450 e. The molecule has 0 bridgehead atoms. The van der Waals surface area contributed by atoms with E-state index < -0.39 is 6.10 Å². The molecule has 29 heavy (non-hydrogen) atoms. The SMILES string of the molecule is Cc1nc(OC(C)C(=O)N(C)C2CCN(Cc3ccccc3)CC2)nc(C)c1N. The Morgan fingerprint density at radius 3 is 2.38 bits per heavy atom. The minimum atomic E-state index is -0.648. The van der Waals surface area contributed by atoms with Gasteiger partial charge in [0.2, 0.25) is 0 Å². The molecule has 2 N–H and O–H groups in total. The normalized spacial score (nSPS) is 16.4. The number of anilines is 1. The Balaban J connectivity index is 1.52. The molecule has 2 heterocycles. The van der Waals surface area contributed by atoms with Crippen LogP contribution < -0.4 is 10.5 Å². The standard InChI is InChI=1S/C22H31N5O2/c1-15-20(23)16(2)25-22(24-15)29-17(3)21(28)26(4)19-10-12-27(13-11-19)14-18-8-6-5-7-9-18/h5-9,17,19H,10-14,23H2,1-4H3. The summed E-state index contributed by atoms with van der Waals surface area (Å²) in [4.78, 5) is 25.6. The molecule has 1 aromatic heterocycles. The van der Waals surface area contributed by atoms with Crippen LogP contribution in [0.2, 0.25) is 0 Å². The van der Waals surface area contributed by atoms with Gasteiger partial charge in [0.05, 0.1) is 17.1 Å². The monoisotopic (exact) mass is 397 g/mol. The van der Waals surface area contributed by atoms with E-state index >= 15 is 0 Å². The largest absolute Gasteiger partial charge is 0.450 e. The number of carbonyl (C=O) groups excluding carboxylic acids is 1. The van der Waals surface area contributed by atoms with Crippen LogP contribution in [-0.2, 0) is 11.3 Å². The summed E-state index contributed by atoms with van der Waals surface area (Å²) in [6, 6.07) is 10.9. The number of benzene rings is 1. The zero-order valence-electron chi connectivity index (χ0n) is 17.8. The van der Waals surface area contributed by atoms with Gasteiger partial charge in [-0.3, -0.25) is 9.69 Å². The van der Waals surface area contributed by atoms with E-state index in [-0.39, 0.29) is 18.0 Å². The zero-order valence-corrected chi connectivity index (χ0v) is 17.8. The van der Waals surface area contributed by atoms with Gasteiger partial charge in [0, 0.05) is 32.7 Å². The van der Waals surface area contributed by atoms with E-state index in [0.29, 0.717) is 17.1 Å². The van der Waals surface area contributed by atoms with Crippen molar-refractivity contribution >= 4 is 11.6 Å². The Morgan fingerprint density at radius 2 is 1.79 bits per heavy atom. The number of nitrogen functional groups attached to an aromatic ring is 1. The number of rotatable bonds is 6. The highest BCUT2D eigenvalue weighted by Gasteiger charge is 2.29. The lowest BCUT2D eigenvalue weighted by Gasteiger charge is -2.37. The third kappa shape index (κ3) is 5.23. The molecule has 2 aromatic rings. The van der Waals surface area contributed by atoms with Crippen molar-refractivity contribution in [1.82, 2.24) is 19.8 Å². The lowest BCUT2D eigenvalue weighted by atomic mass is 10.0. The maximum Gasteiger partial charge on any atom is 0.317 e. The molecule has 0 saturated carbocycles. The molecule has 3 rings (SSSR count). The molecule has 1 atom stereocenters. The van der Waals surface area contributed by atoms with E-state index in [1.807, 2.05) is 18.0 Å². The Hall–Kier alpha value is -2.67. The van der Waals surface area contributed by atoms with Crippen molar-refractivity contribution in [2.75, 3.05) is 25.9 Å². The lowest BCUT2D eigenvalue weighted by molar-refractivity contribution is -0.139. The Kier molecular flexibility index (Phi) is 6.69. The fourth-order valence-electron chi connectivity index (χ4n) is 3.73. The van der Waals surface area contributed by atoms with Gasteiger partial charge < -0.3 is 15.4 Å². The van der Waals surface area contributed by atoms with Crippen molar-refractivity contribution < 1.29 is 9.53 Å². The predicted molar refractivity (Wildman–Crippen MR) is 114 cm³/mol. The number of hydrogen-bond acceptors (Lipinski definition) is 6. The Labute approximate surface area is 172 Å². The average molecular weight is 398 g/mol. The van der Waals surface area contributed by atoms with E-state index in [1.165, 1.54) is 5.56 Å². The molecule has 1 unspecified atom stereocenters. The molecular weight excluding hydrogens is 366 g/mol. The fourth-order valence-corrected chi connectivity index (χ4v) is 3.73. The van der Waals surface area contributed by atoms with Crippen molar-refractivity contribution in [1.29, 1.82) is 0 Å². The number of carbonyl (C=O) groups is 1. The number of nitrogens with two attached hydrogens (primary N) is 1. The molecule has 1 fully saturated rings. The van der Waals surface area contributed by atoms with Gasteiger partial charge in [-0.2, -0.15) is 9.97 Å². The second kappa shape index (κ2) is 9.22. The van der Waals surface area contributed by atoms with E-state index in [4.69, 9.17) is 10.5 Å². The van der Waals surface area contributed by atoms with Gasteiger partial charge in [-0.25, -0.2) is 0 Å². The van der Waals surface area contributed by atoms with Crippen LogP contribution in [0.3, 0.4) is 0 Å². The highest BCUT2D eigenvalue weighted by atomic mass is 16.5. The van der Waals surface area contributed by atoms with Crippen LogP contribution in [0.5, 0.6) is 6.01 Å². The van der Waals surface area contributed by atoms with Crippen LogP contribution in [-0.4, -0.2) is 58.0 Å². The second-order valence-electron chi connectivity index (χ2n) is 7.79. The highest BCUT2D eigenvalue weighted by Crippen LogP contribution is 2.20. The van der Waals surface area contributed by atoms with Gasteiger partial charge in [0.25, 0.3) is 5.91 Å². The lowest BCUT2D eigenvalue weighted by Crippen LogP contribution is -2.48. The van der Waals surface area contributed by atoms with Gasteiger partial charge >= 0.3 is 6.01 Å². The molecule has 156 valence electrons. The first-order valence-electron chi connectivity index (χ1n) is 10.2. The molecule has 0 spiro atoms. The smallest absolute Gasteiger partial charge is 0.317 e. The molecule has 1 aromatic carbocycles. The van der Waals surface area contributed by atoms with E-state index in [9.17, 15) is 4.79 Å². The van der Waals surface area contributed by atoms with Crippen LogP contribution in [0.1, 0.15) is 36.7 Å². The third-order valence-corrected chi connectivity index (χ3v) is 5.64. The molecule has 0 aliphatic carbocycles. The Morgan fingerprint density at radius 1 is 1.21 bits per heavy atom. The summed E-state index contributed by atoms with van der Waals surface area (Å²) >= 11 is 0. The van der Waals surface area contributed by atoms with Crippen molar-refractivity contribution in [3.05, 3.63) is 47.3 Å². The topological polar surface area (TPSA) is 84.6 Å². The van der Waals surface area contributed by atoms with Gasteiger partial charge in [-0.15, -0.1) is 0 Å². The van der Waals surface area contributed by atoms with Gasteiger partial charge in [-0.05, 0) is 39.2 Å². The summed E-state index contributed by atoms with van der Waals surface area (Å²) < 4.78 is 5.73. The number of piperidine rings is 1. The fraction of sp³-hybridized carbons (Fsp3) is 0.500. The molecule has 7 heteroatoms. The summed E-state index contributed by atoms with van der Waals surface area (Å²) in [6.07, 6.45) is 1.27. The van der Waals surface area contributed by atoms with Crippen LogP contribution in [0.4, 0.5) is 5.69 Å². The number of likely N-dealkylation sites (tertiary alicyclic amines) is 1. The molecule has 1 amide bonds. The maximum atomic E-state index is 12.9. The molecule has 1 aliphatic heterocycles. The summed E-state index contributed by atoms with van der Waals surface area (Å²) in [5.74, 6) is -0.0535. The van der Waals surface area contributed by atoms with Gasteiger partial charge in [-0.1, -0.05) is 30.3 Å². The zero-order chi connectivity index (χ0) is 21.0. The number of nitrogens with zero attached hydrogens (tertiary/aromatic N) is 4. The van der Waals surface area contributed by atoms with Crippen LogP contribution >= 0.6 is 0 Å². The number of aromatic nitrogens is 2. The minimum absolute atomic E-state index is 0.0535. The molecular formula is C22H31N5O2. The quantitative estimate of drug-likeness (QED) is 0.806. The Bertz CT molecular complexity index is 811. The molecule has 1 aliphatic rings. The molecule has 1 saturated heterocycles. The van der Waals surface area contributed by atoms with Crippen molar-refractivity contribution in [3.8, 4) is 6.01 Å². The van der Waals surface area contributed by atoms with Gasteiger partial charge in [0.15, 0.2) is 6.10 Å². The molecule has 0 radical (unpaired) electrons. The van der Waals surface area contributed by atoms with Gasteiger partial charge in [0.1, 0.15) is 0 Å². The van der Waals surface area contributed by atoms with Crippen molar-refractivity contribution in [2.45, 2.75) is 52.3 Å². The summed E-state index contributed by atoms with van der Waals surface area (Å²) in [6.45, 7) is 8.26. The summed E-state index contributed by atoms with van der Waals surface area (Å²) in [5, 5.41) is 0. The van der Waals surface area contributed by atoms with E-state index in [2.05, 4.69) is 39.1 Å². The van der Waals surface area contributed by atoms with Crippen LogP contribution in [0, 0.1) is 13.8 Å². The van der Waals surface area contributed by atoms with Crippen molar-refractivity contribution in [2.24, 2.45) is 0 Å². The third-order valence-electron chi connectivity index (χ3n) is 5.64. The number of likely N-dealkylation sites (N-methyl/N-ethyl adjacent to an activating group) is 1. The number of aryl methyl sites for hydroxylation is 2. The first kappa shape index (κ1) is 21.0. The van der Waals surface area contributed by atoms with Crippen LogP contribution in [0.25, 0.3) is 0 Å². The first-order chi connectivity index (χ1) is 13.8. The molecule has 7 nitrogen and oxygen atoms in total. The van der Waals surface area contributed by atoms with Crippen LogP contribution in [0.15, 0.2) is 30.3 Å². The van der Waals surface area contributed by atoms with E-state index in [0.717, 1.165) is 32.5 Å². The summed E-state index contributed by atoms with van der Waals surface area (Å²) in [5.41, 5.74) is 9.08. The maximum absolute atomic E-state index is 12.9. The first-order valence-corrected chi connectivity index (χ1v) is 10.2.